The van der Waals surface area contributed by atoms with Crippen LogP contribution in [0.4, 0.5) is 0 Å². The van der Waals surface area contributed by atoms with Crippen LogP contribution in [0.2, 0.25) is 0 Å². The van der Waals surface area contributed by atoms with Gasteiger partial charge < -0.3 is 10.4 Å². The molecule has 0 saturated heterocycles. The molecule has 0 aromatic carbocycles. The molecule has 2 heteroatoms. The Morgan fingerprint density at radius 3 is 2.13 bits per heavy atom. The molecule has 2 saturated carbocycles. The van der Waals surface area contributed by atoms with Crippen LogP contribution >= 0.6 is 0 Å². The second kappa shape index (κ2) is 5.31. The van der Waals surface area contributed by atoms with Crippen molar-refractivity contribution in [3.8, 4) is 0 Å². The van der Waals surface area contributed by atoms with Gasteiger partial charge in [0.2, 0.25) is 0 Å². The Labute approximate surface area is 93.5 Å². The quantitative estimate of drug-likeness (QED) is 0.735. The van der Waals surface area contributed by atoms with Crippen LogP contribution in [0, 0.1) is 5.92 Å². The SMILES string of the molecule is C[C@@H]1CCCC[C@@H]1N[C@H]1CCCC[C@H]1O. The highest BCUT2D eigenvalue weighted by Crippen LogP contribution is 2.26. The fraction of sp³-hybridized carbons (Fsp3) is 1.00. The van der Waals surface area contributed by atoms with E-state index < -0.39 is 0 Å². The van der Waals surface area contributed by atoms with Crippen LogP contribution in [0.25, 0.3) is 0 Å². The van der Waals surface area contributed by atoms with Crippen molar-refractivity contribution in [3.63, 3.8) is 0 Å². The molecular formula is C13H25NO. The Kier molecular flexibility index (Phi) is 4.04. The van der Waals surface area contributed by atoms with Crippen LogP contribution < -0.4 is 5.32 Å². The molecule has 15 heavy (non-hydrogen) atoms. The van der Waals surface area contributed by atoms with E-state index in [-0.39, 0.29) is 6.10 Å². The first-order valence-electron chi connectivity index (χ1n) is 6.71. The molecule has 0 aliphatic heterocycles. The first-order chi connectivity index (χ1) is 7.27. The van der Waals surface area contributed by atoms with Crippen LogP contribution in [-0.4, -0.2) is 23.3 Å². The van der Waals surface area contributed by atoms with Gasteiger partial charge in [-0.1, -0.05) is 32.6 Å². The van der Waals surface area contributed by atoms with Crippen LogP contribution in [0.15, 0.2) is 0 Å². The highest BCUT2D eigenvalue weighted by Gasteiger charge is 2.28. The molecule has 0 spiro atoms. The Balaban J connectivity index is 1.83. The maximum Gasteiger partial charge on any atom is 0.0693 e. The van der Waals surface area contributed by atoms with E-state index in [2.05, 4.69) is 12.2 Å². The van der Waals surface area contributed by atoms with Crippen LogP contribution in [0.3, 0.4) is 0 Å². The standard InChI is InChI=1S/C13H25NO/c1-10-6-2-3-7-11(10)14-12-8-4-5-9-13(12)15/h10-15H,2-9H2,1H3/t10-,11+,12+,13-/m1/s1. The van der Waals surface area contributed by atoms with Crippen molar-refractivity contribution in [1.29, 1.82) is 0 Å². The predicted octanol–water partition coefficient (Wildman–Crippen LogP) is 2.46. The minimum absolute atomic E-state index is 0.0899. The second-order valence-electron chi connectivity index (χ2n) is 5.49. The number of hydrogen-bond donors (Lipinski definition) is 2. The van der Waals surface area contributed by atoms with Gasteiger partial charge in [-0.05, 0) is 31.6 Å². The summed E-state index contributed by atoms with van der Waals surface area (Å²) in [6, 6.07) is 1.04. The zero-order valence-electron chi connectivity index (χ0n) is 9.91. The minimum atomic E-state index is -0.0899. The molecule has 0 aromatic heterocycles. The molecule has 2 N–H and O–H groups in total. The largest absolute Gasteiger partial charge is 0.392 e. The summed E-state index contributed by atoms with van der Waals surface area (Å²) in [7, 11) is 0. The van der Waals surface area contributed by atoms with E-state index in [4.69, 9.17) is 0 Å². The van der Waals surface area contributed by atoms with Gasteiger partial charge in [-0.25, -0.2) is 0 Å². The predicted molar refractivity (Wildman–Crippen MR) is 62.8 cm³/mol. The Morgan fingerprint density at radius 2 is 1.47 bits per heavy atom. The van der Waals surface area contributed by atoms with Gasteiger partial charge in [-0.2, -0.15) is 0 Å². The van der Waals surface area contributed by atoms with Crippen LogP contribution in [-0.2, 0) is 0 Å². The molecule has 2 nitrogen and oxygen atoms in total. The molecule has 0 radical (unpaired) electrons. The van der Waals surface area contributed by atoms with Gasteiger partial charge in [-0.3, -0.25) is 0 Å². The Bertz CT molecular complexity index is 175. The Hall–Kier alpha value is -0.0800. The summed E-state index contributed by atoms with van der Waals surface area (Å²) in [5.41, 5.74) is 0. The third-order valence-corrected chi connectivity index (χ3v) is 4.27. The summed E-state index contributed by atoms with van der Waals surface area (Å²) in [6.45, 7) is 2.35. The van der Waals surface area contributed by atoms with Crippen molar-refractivity contribution >= 4 is 0 Å². The van der Waals surface area contributed by atoms with Gasteiger partial charge in [0, 0.05) is 12.1 Å². The molecule has 88 valence electrons. The monoisotopic (exact) mass is 211 g/mol. The summed E-state index contributed by atoms with van der Waals surface area (Å²) in [6.07, 6.45) is 10.0. The van der Waals surface area contributed by atoms with Gasteiger partial charge in [0.1, 0.15) is 0 Å². The highest BCUT2D eigenvalue weighted by molar-refractivity contribution is 4.87. The fourth-order valence-corrected chi connectivity index (χ4v) is 3.14. The molecular weight excluding hydrogens is 186 g/mol. The first-order valence-corrected chi connectivity index (χ1v) is 6.71. The smallest absolute Gasteiger partial charge is 0.0693 e. The lowest BCUT2D eigenvalue weighted by atomic mass is 9.84. The van der Waals surface area contributed by atoms with Crippen molar-refractivity contribution in [3.05, 3.63) is 0 Å². The third-order valence-electron chi connectivity index (χ3n) is 4.27. The minimum Gasteiger partial charge on any atom is -0.392 e. The van der Waals surface area contributed by atoms with Crippen LogP contribution in [0.1, 0.15) is 58.3 Å². The molecule has 0 unspecified atom stereocenters. The fourth-order valence-electron chi connectivity index (χ4n) is 3.14. The zero-order chi connectivity index (χ0) is 10.7. The summed E-state index contributed by atoms with van der Waals surface area (Å²) in [4.78, 5) is 0. The van der Waals surface area contributed by atoms with Gasteiger partial charge in [0.25, 0.3) is 0 Å². The van der Waals surface area contributed by atoms with E-state index in [1.807, 2.05) is 0 Å². The third kappa shape index (κ3) is 2.94. The number of aliphatic hydroxyl groups excluding tert-OH is 1. The van der Waals surface area contributed by atoms with Gasteiger partial charge >= 0.3 is 0 Å². The van der Waals surface area contributed by atoms with E-state index in [0.717, 1.165) is 12.3 Å². The van der Waals surface area contributed by atoms with Crippen LogP contribution in [0.5, 0.6) is 0 Å². The average molecular weight is 211 g/mol. The van der Waals surface area contributed by atoms with E-state index in [9.17, 15) is 5.11 Å². The summed E-state index contributed by atoms with van der Waals surface area (Å²) < 4.78 is 0. The molecule has 0 heterocycles. The number of nitrogens with one attached hydrogen (secondary N) is 1. The van der Waals surface area contributed by atoms with Crippen molar-refractivity contribution < 1.29 is 5.11 Å². The van der Waals surface area contributed by atoms with E-state index in [0.29, 0.717) is 12.1 Å². The number of hydrogen-bond acceptors (Lipinski definition) is 2. The molecule has 0 bridgehead atoms. The maximum absolute atomic E-state index is 9.92. The molecule has 2 aliphatic carbocycles. The summed E-state index contributed by atoms with van der Waals surface area (Å²) in [5.74, 6) is 0.799. The number of aliphatic hydroxyl groups is 1. The van der Waals surface area contributed by atoms with Crippen molar-refractivity contribution in [2.24, 2.45) is 5.92 Å². The van der Waals surface area contributed by atoms with E-state index >= 15 is 0 Å². The molecule has 2 fully saturated rings. The second-order valence-corrected chi connectivity index (χ2v) is 5.49. The molecule has 0 aromatic rings. The van der Waals surface area contributed by atoms with E-state index in [1.54, 1.807) is 0 Å². The Morgan fingerprint density at radius 1 is 0.867 bits per heavy atom. The van der Waals surface area contributed by atoms with Gasteiger partial charge in [0.05, 0.1) is 6.10 Å². The lowest BCUT2D eigenvalue weighted by Gasteiger charge is -2.37. The highest BCUT2D eigenvalue weighted by atomic mass is 16.3. The summed E-state index contributed by atoms with van der Waals surface area (Å²) in [5, 5.41) is 13.6. The van der Waals surface area contributed by atoms with Crippen molar-refractivity contribution in [2.75, 3.05) is 0 Å². The average Bonchev–Trinajstić information content (AvgIpc) is 2.24. The van der Waals surface area contributed by atoms with Crippen molar-refractivity contribution in [1.82, 2.24) is 5.32 Å². The van der Waals surface area contributed by atoms with E-state index in [1.165, 1.54) is 44.9 Å². The molecule has 2 aliphatic rings. The lowest BCUT2D eigenvalue weighted by Crippen LogP contribution is -2.50. The molecule has 0 amide bonds. The van der Waals surface area contributed by atoms with Crippen molar-refractivity contribution in [2.45, 2.75) is 76.5 Å². The topological polar surface area (TPSA) is 32.3 Å². The zero-order valence-corrected chi connectivity index (χ0v) is 9.91. The first kappa shape index (κ1) is 11.4. The molecule has 4 atom stereocenters. The maximum atomic E-state index is 9.92. The molecule has 2 rings (SSSR count). The van der Waals surface area contributed by atoms with Gasteiger partial charge in [0.15, 0.2) is 0 Å². The number of rotatable bonds is 2. The summed E-state index contributed by atoms with van der Waals surface area (Å²) >= 11 is 0. The van der Waals surface area contributed by atoms with Gasteiger partial charge in [-0.15, -0.1) is 0 Å². The lowest BCUT2D eigenvalue weighted by molar-refractivity contribution is 0.0758. The normalized spacial score (nSPS) is 42.8.